The average molecular weight is 505 g/mol. The summed E-state index contributed by atoms with van der Waals surface area (Å²) in [5.41, 5.74) is 1.59. The topological polar surface area (TPSA) is 94.2 Å². The minimum Gasteiger partial charge on any atom is -0.496 e. The molecular weight excluding hydrogens is 468 g/mol. The number of benzene rings is 2. The minimum atomic E-state index is -3.54. The number of amides is 1. The molecule has 2 aromatic rings. The summed E-state index contributed by atoms with van der Waals surface area (Å²) in [4.78, 5) is 13.0. The quantitative estimate of drug-likeness (QED) is 0.468. The van der Waals surface area contributed by atoms with E-state index in [4.69, 9.17) is 14.2 Å². The Hall–Kier alpha value is -2.78. The van der Waals surface area contributed by atoms with Gasteiger partial charge in [0.1, 0.15) is 5.75 Å². The molecule has 0 aromatic heterocycles. The van der Waals surface area contributed by atoms with Crippen LogP contribution in [0.15, 0.2) is 41.3 Å². The lowest BCUT2D eigenvalue weighted by atomic mass is 10.1. The maximum absolute atomic E-state index is 13.0. The van der Waals surface area contributed by atoms with Crippen molar-refractivity contribution in [2.24, 2.45) is 0 Å². The maximum atomic E-state index is 13.0. The zero-order valence-corrected chi connectivity index (χ0v) is 21.8. The fraction of sp³-hybridized carbons (Fsp3) is 0.500. The van der Waals surface area contributed by atoms with E-state index in [1.165, 1.54) is 11.4 Å². The highest BCUT2D eigenvalue weighted by atomic mass is 32.2. The number of hydrogen-bond donors (Lipinski definition) is 1. The Morgan fingerprint density at radius 1 is 1.00 bits per heavy atom. The first-order chi connectivity index (χ1) is 16.8. The first-order valence-electron chi connectivity index (χ1n) is 12.2. The molecule has 3 rings (SSSR count). The van der Waals surface area contributed by atoms with Gasteiger partial charge in [0, 0.05) is 19.5 Å². The van der Waals surface area contributed by atoms with Crippen LogP contribution < -0.4 is 19.5 Å². The summed E-state index contributed by atoms with van der Waals surface area (Å²) in [7, 11) is -2.00. The molecule has 1 aliphatic heterocycles. The SMILES string of the molecule is CCOc1ccc(C(C)NC(=O)CCc2cc(S(=O)(=O)N3CCCC3)ccc2OC)cc1OCC. The van der Waals surface area contributed by atoms with Crippen LogP contribution in [-0.2, 0) is 21.2 Å². The van der Waals surface area contributed by atoms with Crippen LogP contribution >= 0.6 is 0 Å². The van der Waals surface area contributed by atoms with E-state index in [2.05, 4.69) is 5.32 Å². The first-order valence-corrected chi connectivity index (χ1v) is 13.6. The van der Waals surface area contributed by atoms with Crippen molar-refractivity contribution in [2.45, 2.75) is 57.4 Å². The van der Waals surface area contributed by atoms with E-state index >= 15 is 0 Å². The highest BCUT2D eigenvalue weighted by Crippen LogP contribution is 2.31. The number of methoxy groups -OCH3 is 1. The normalized spacial score (nSPS) is 15.0. The third kappa shape index (κ3) is 6.67. The second-order valence-corrected chi connectivity index (χ2v) is 10.4. The van der Waals surface area contributed by atoms with Crippen molar-refractivity contribution < 1.29 is 27.4 Å². The van der Waals surface area contributed by atoms with Crippen LogP contribution in [0.5, 0.6) is 17.2 Å². The molecule has 35 heavy (non-hydrogen) atoms. The molecule has 2 aromatic carbocycles. The first kappa shape index (κ1) is 26.8. The molecule has 8 nitrogen and oxygen atoms in total. The van der Waals surface area contributed by atoms with Gasteiger partial charge in [-0.2, -0.15) is 4.31 Å². The Labute approximate surface area is 208 Å². The lowest BCUT2D eigenvalue weighted by molar-refractivity contribution is -0.121. The average Bonchev–Trinajstić information content (AvgIpc) is 3.40. The molecule has 1 amide bonds. The van der Waals surface area contributed by atoms with E-state index in [1.807, 2.05) is 39.0 Å². The second kappa shape index (κ2) is 12.3. The van der Waals surface area contributed by atoms with Crippen molar-refractivity contribution in [2.75, 3.05) is 33.4 Å². The molecule has 1 heterocycles. The van der Waals surface area contributed by atoms with E-state index in [1.54, 1.807) is 18.2 Å². The van der Waals surface area contributed by atoms with Gasteiger partial charge in [-0.25, -0.2) is 8.42 Å². The lowest BCUT2D eigenvalue weighted by Crippen LogP contribution is -2.28. The third-order valence-electron chi connectivity index (χ3n) is 6.02. The van der Waals surface area contributed by atoms with E-state index in [9.17, 15) is 13.2 Å². The molecule has 1 N–H and O–H groups in total. The zero-order valence-electron chi connectivity index (χ0n) is 21.0. The number of ether oxygens (including phenoxy) is 3. The molecule has 1 saturated heterocycles. The number of hydrogen-bond acceptors (Lipinski definition) is 6. The van der Waals surface area contributed by atoms with E-state index in [0.717, 1.165) is 18.4 Å². The summed E-state index contributed by atoms with van der Waals surface area (Å²) in [6.45, 7) is 7.87. The zero-order chi connectivity index (χ0) is 25.4. The molecule has 0 radical (unpaired) electrons. The Balaban J connectivity index is 1.67. The largest absolute Gasteiger partial charge is 0.496 e. The van der Waals surface area contributed by atoms with Crippen LogP contribution in [0.4, 0.5) is 0 Å². The Morgan fingerprint density at radius 2 is 1.66 bits per heavy atom. The van der Waals surface area contributed by atoms with E-state index in [-0.39, 0.29) is 23.3 Å². The van der Waals surface area contributed by atoms with Gasteiger partial charge >= 0.3 is 0 Å². The molecule has 0 saturated carbocycles. The summed E-state index contributed by atoms with van der Waals surface area (Å²) in [6.07, 6.45) is 2.31. The number of nitrogens with zero attached hydrogens (tertiary/aromatic N) is 1. The minimum absolute atomic E-state index is 0.140. The van der Waals surface area contributed by atoms with Gasteiger partial charge in [-0.1, -0.05) is 6.07 Å². The third-order valence-corrected chi connectivity index (χ3v) is 7.92. The van der Waals surface area contributed by atoms with Crippen molar-refractivity contribution in [1.82, 2.24) is 9.62 Å². The van der Waals surface area contributed by atoms with Gasteiger partial charge in [0.15, 0.2) is 11.5 Å². The number of sulfonamides is 1. The number of nitrogens with one attached hydrogen (secondary N) is 1. The predicted molar refractivity (Wildman–Crippen MR) is 135 cm³/mol. The van der Waals surface area contributed by atoms with Crippen molar-refractivity contribution >= 4 is 15.9 Å². The standard InChI is InChI=1S/C26H36N2O6S/c1-5-33-24-12-9-20(18-25(24)34-6-2)19(3)27-26(29)14-10-21-17-22(11-13-23(21)32-4)35(30,31)28-15-7-8-16-28/h9,11-13,17-19H,5-8,10,14-16H2,1-4H3,(H,27,29). The Morgan fingerprint density at radius 3 is 2.31 bits per heavy atom. The summed E-state index contributed by atoms with van der Waals surface area (Å²) in [6, 6.07) is 10.3. The lowest BCUT2D eigenvalue weighted by Gasteiger charge is -2.18. The van der Waals surface area contributed by atoms with Gasteiger partial charge in [0.05, 0.1) is 31.3 Å². The van der Waals surface area contributed by atoms with Gasteiger partial charge in [0.25, 0.3) is 0 Å². The summed E-state index contributed by atoms with van der Waals surface area (Å²) >= 11 is 0. The van der Waals surface area contributed by atoms with Crippen LogP contribution in [0.25, 0.3) is 0 Å². The molecule has 0 spiro atoms. The molecule has 0 aliphatic carbocycles. The number of aryl methyl sites for hydroxylation is 1. The van der Waals surface area contributed by atoms with Gasteiger partial charge in [-0.3, -0.25) is 4.79 Å². The summed E-state index contributed by atoms with van der Waals surface area (Å²) in [5, 5.41) is 3.01. The van der Waals surface area contributed by atoms with E-state index < -0.39 is 10.0 Å². The summed E-state index contributed by atoms with van der Waals surface area (Å²) in [5.74, 6) is 1.75. The number of rotatable bonds is 12. The molecule has 1 atom stereocenters. The molecular formula is C26H36N2O6S. The van der Waals surface area contributed by atoms with Crippen LogP contribution in [0.3, 0.4) is 0 Å². The number of carbonyl (C=O) groups excluding carboxylic acids is 1. The smallest absolute Gasteiger partial charge is 0.243 e. The van der Waals surface area contributed by atoms with E-state index in [0.29, 0.717) is 55.5 Å². The van der Waals surface area contributed by atoms with Crippen LogP contribution in [0.2, 0.25) is 0 Å². The van der Waals surface area contributed by atoms with Crippen LogP contribution in [0.1, 0.15) is 57.2 Å². The van der Waals surface area contributed by atoms with Crippen molar-refractivity contribution in [3.8, 4) is 17.2 Å². The Kier molecular flexibility index (Phi) is 9.40. The fourth-order valence-corrected chi connectivity index (χ4v) is 5.74. The Bertz CT molecular complexity index is 1110. The molecule has 1 aliphatic rings. The van der Waals surface area contributed by atoms with Crippen LogP contribution in [0, 0.1) is 0 Å². The second-order valence-electron chi connectivity index (χ2n) is 8.45. The van der Waals surface area contributed by atoms with Gasteiger partial charge in [0.2, 0.25) is 15.9 Å². The molecule has 1 fully saturated rings. The van der Waals surface area contributed by atoms with Gasteiger partial charge < -0.3 is 19.5 Å². The van der Waals surface area contributed by atoms with Gasteiger partial charge in [-0.05, 0) is 81.5 Å². The maximum Gasteiger partial charge on any atom is 0.243 e. The predicted octanol–water partition coefficient (Wildman–Crippen LogP) is 4.09. The molecule has 0 bridgehead atoms. The highest BCUT2D eigenvalue weighted by Gasteiger charge is 2.28. The molecule has 1 unspecified atom stereocenters. The van der Waals surface area contributed by atoms with Crippen molar-refractivity contribution in [3.63, 3.8) is 0 Å². The molecule has 192 valence electrons. The summed E-state index contributed by atoms with van der Waals surface area (Å²) < 4.78 is 44.1. The van der Waals surface area contributed by atoms with Gasteiger partial charge in [-0.15, -0.1) is 0 Å². The van der Waals surface area contributed by atoms with Crippen molar-refractivity contribution in [1.29, 1.82) is 0 Å². The highest BCUT2D eigenvalue weighted by molar-refractivity contribution is 7.89. The van der Waals surface area contributed by atoms with Crippen LogP contribution in [-0.4, -0.2) is 52.0 Å². The monoisotopic (exact) mass is 504 g/mol. The fourth-order valence-electron chi connectivity index (χ4n) is 4.17. The number of carbonyl (C=O) groups is 1. The molecule has 9 heteroatoms. The van der Waals surface area contributed by atoms with Crippen molar-refractivity contribution in [3.05, 3.63) is 47.5 Å².